The molecule has 2 N–H and O–H groups in total. The fourth-order valence-corrected chi connectivity index (χ4v) is 5.22. The fourth-order valence-electron chi connectivity index (χ4n) is 5.22. The van der Waals surface area contributed by atoms with E-state index in [0.29, 0.717) is 0 Å². The van der Waals surface area contributed by atoms with Crippen LogP contribution in [0.4, 0.5) is 0 Å². The Labute approximate surface area is 132 Å². The molecule has 2 aliphatic heterocycles. The molecule has 0 spiro atoms. The van der Waals surface area contributed by atoms with Gasteiger partial charge < -0.3 is 20.1 Å². The van der Waals surface area contributed by atoms with Crippen LogP contribution in [0, 0.1) is 0 Å². The lowest BCUT2D eigenvalue weighted by atomic mass is 9.52. The molecule has 3 atom stereocenters. The lowest BCUT2D eigenvalue weighted by Gasteiger charge is -2.61. The summed E-state index contributed by atoms with van der Waals surface area (Å²) in [5, 5.41) is 15.3. The molecular weight excluding hydrogens is 276 g/mol. The zero-order valence-corrected chi connectivity index (χ0v) is 13.6. The van der Waals surface area contributed by atoms with Crippen LogP contribution in [-0.2, 0) is 11.8 Å². The van der Waals surface area contributed by atoms with E-state index in [1.54, 1.807) is 7.11 Å². The highest BCUT2D eigenvalue weighted by Gasteiger charge is 2.61. The van der Waals surface area contributed by atoms with Gasteiger partial charge in [0.2, 0.25) is 0 Å². The van der Waals surface area contributed by atoms with Gasteiger partial charge in [-0.25, -0.2) is 0 Å². The van der Waals surface area contributed by atoms with Crippen LogP contribution in [0.3, 0.4) is 0 Å². The van der Waals surface area contributed by atoms with Crippen LogP contribution in [0.2, 0.25) is 0 Å². The van der Waals surface area contributed by atoms with Gasteiger partial charge in [0.05, 0.1) is 12.7 Å². The largest absolute Gasteiger partial charge is 0.497 e. The quantitative estimate of drug-likeness (QED) is 0.821. The minimum Gasteiger partial charge on any atom is -0.497 e. The van der Waals surface area contributed by atoms with Crippen molar-refractivity contribution in [2.24, 2.45) is 0 Å². The minimum absolute atomic E-state index is 0.129. The number of likely N-dealkylation sites (tertiary alicyclic amines) is 1. The van der Waals surface area contributed by atoms with Gasteiger partial charge in [-0.15, -0.1) is 0 Å². The van der Waals surface area contributed by atoms with E-state index in [9.17, 15) is 5.11 Å². The first-order valence-electron chi connectivity index (χ1n) is 8.41. The van der Waals surface area contributed by atoms with Gasteiger partial charge in [-0.2, -0.15) is 0 Å². The Balaban J connectivity index is 1.94. The van der Waals surface area contributed by atoms with Crippen LogP contribution < -0.4 is 10.1 Å². The molecule has 2 fully saturated rings. The number of hydrogen-bond donors (Lipinski definition) is 2. The SMILES string of the molecule is COc1ccc2c(c1)C13CCNCCC1(O)C(C2)N(C)CC3. The predicted octanol–water partition coefficient (Wildman–Crippen LogP) is 1.31. The van der Waals surface area contributed by atoms with Crippen LogP contribution in [0.1, 0.15) is 30.4 Å². The van der Waals surface area contributed by atoms with Crippen LogP contribution in [0.5, 0.6) is 5.75 Å². The molecule has 3 unspecified atom stereocenters. The molecule has 3 aliphatic rings. The van der Waals surface area contributed by atoms with Gasteiger partial charge in [0.1, 0.15) is 5.75 Å². The maximum Gasteiger partial charge on any atom is 0.119 e. The molecule has 2 saturated heterocycles. The summed E-state index contributed by atoms with van der Waals surface area (Å²) < 4.78 is 5.47. The monoisotopic (exact) mass is 302 g/mol. The van der Waals surface area contributed by atoms with Crippen LogP contribution in [-0.4, -0.2) is 55.4 Å². The summed E-state index contributed by atoms with van der Waals surface area (Å²) >= 11 is 0. The summed E-state index contributed by atoms with van der Waals surface area (Å²) in [4.78, 5) is 2.37. The molecule has 2 bridgehead atoms. The molecule has 0 amide bonds. The molecule has 120 valence electrons. The topological polar surface area (TPSA) is 44.7 Å². The second-order valence-corrected chi connectivity index (χ2v) is 7.23. The number of likely N-dealkylation sites (N-methyl/N-ethyl adjacent to an activating group) is 1. The second-order valence-electron chi connectivity index (χ2n) is 7.23. The number of aliphatic hydroxyl groups is 1. The average Bonchev–Trinajstić information content (AvgIpc) is 2.70. The van der Waals surface area contributed by atoms with Crippen molar-refractivity contribution in [1.29, 1.82) is 0 Å². The molecule has 1 aromatic rings. The summed E-state index contributed by atoms with van der Waals surface area (Å²) in [5.41, 5.74) is 1.96. The number of nitrogens with one attached hydrogen (secondary N) is 1. The van der Waals surface area contributed by atoms with Gasteiger partial charge in [-0.1, -0.05) is 6.07 Å². The minimum atomic E-state index is -0.636. The first kappa shape index (κ1) is 14.5. The number of piperidine rings is 1. The van der Waals surface area contributed by atoms with Crippen molar-refractivity contribution in [3.05, 3.63) is 29.3 Å². The maximum absolute atomic E-state index is 11.8. The molecule has 4 nitrogen and oxygen atoms in total. The van der Waals surface area contributed by atoms with Crippen molar-refractivity contribution >= 4 is 0 Å². The van der Waals surface area contributed by atoms with Gasteiger partial charge in [0.15, 0.2) is 0 Å². The van der Waals surface area contributed by atoms with E-state index in [-0.39, 0.29) is 11.5 Å². The van der Waals surface area contributed by atoms with Crippen molar-refractivity contribution in [3.8, 4) is 5.75 Å². The Hall–Kier alpha value is -1.10. The molecule has 0 saturated carbocycles. The molecule has 0 aromatic heterocycles. The third kappa shape index (κ3) is 1.75. The maximum atomic E-state index is 11.8. The van der Waals surface area contributed by atoms with E-state index in [2.05, 4.69) is 35.5 Å². The van der Waals surface area contributed by atoms with E-state index < -0.39 is 5.60 Å². The molecule has 4 heteroatoms. The summed E-state index contributed by atoms with van der Waals surface area (Å²) in [6, 6.07) is 6.68. The van der Waals surface area contributed by atoms with Crippen molar-refractivity contribution in [2.45, 2.75) is 42.7 Å². The number of hydrogen-bond acceptors (Lipinski definition) is 4. The Morgan fingerprint density at radius 3 is 2.91 bits per heavy atom. The van der Waals surface area contributed by atoms with E-state index in [1.807, 2.05) is 0 Å². The second kappa shape index (κ2) is 4.95. The molecule has 0 radical (unpaired) electrons. The lowest BCUT2D eigenvalue weighted by Crippen LogP contribution is -2.70. The van der Waals surface area contributed by atoms with E-state index in [1.165, 1.54) is 11.1 Å². The zero-order valence-electron chi connectivity index (χ0n) is 13.6. The molecule has 4 rings (SSSR count). The first-order chi connectivity index (χ1) is 10.6. The average molecular weight is 302 g/mol. The van der Waals surface area contributed by atoms with E-state index >= 15 is 0 Å². The number of nitrogens with zero attached hydrogens (tertiary/aromatic N) is 1. The van der Waals surface area contributed by atoms with Gasteiger partial charge >= 0.3 is 0 Å². The van der Waals surface area contributed by atoms with E-state index in [0.717, 1.165) is 51.1 Å². The fraction of sp³-hybridized carbons (Fsp3) is 0.667. The smallest absolute Gasteiger partial charge is 0.119 e. The molecule has 1 aromatic carbocycles. The summed E-state index contributed by atoms with van der Waals surface area (Å²) in [6.07, 6.45) is 3.80. The summed E-state index contributed by atoms with van der Waals surface area (Å²) in [5.74, 6) is 0.907. The molecule has 22 heavy (non-hydrogen) atoms. The first-order valence-corrected chi connectivity index (χ1v) is 8.41. The number of fused-ring (bicyclic) bond motifs is 1. The number of benzene rings is 1. The van der Waals surface area contributed by atoms with Crippen LogP contribution >= 0.6 is 0 Å². The van der Waals surface area contributed by atoms with Gasteiger partial charge in [0.25, 0.3) is 0 Å². The molecule has 1 aliphatic carbocycles. The number of rotatable bonds is 1. The lowest BCUT2D eigenvalue weighted by molar-refractivity contribution is -0.142. The van der Waals surface area contributed by atoms with Crippen molar-refractivity contribution in [2.75, 3.05) is 33.8 Å². The normalized spacial score (nSPS) is 37.9. The Kier molecular flexibility index (Phi) is 3.26. The Morgan fingerprint density at radius 1 is 1.27 bits per heavy atom. The summed E-state index contributed by atoms with van der Waals surface area (Å²) in [6.45, 7) is 2.95. The number of methoxy groups -OCH3 is 1. The Morgan fingerprint density at radius 2 is 2.09 bits per heavy atom. The zero-order chi connectivity index (χ0) is 15.4. The van der Waals surface area contributed by atoms with Crippen LogP contribution in [0.25, 0.3) is 0 Å². The standard InChI is InChI=1S/C18H26N2O2/c1-20-10-7-17-5-8-19-9-6-18(17,21)16(20)11-13-3-4-14(22-2)12-15(13)17/h3-4,12,16,19,21H,5-11H2,1-2H3. The van der Waals surface area contributed by atoms with Gasteiger partial charge in [0, 0.05) is 11.5 Å². The van der Waals surface area contributed by atoms with Gasteiger partial charge in [-0.05, 0) is 75.6 Å². The summed E-state index contributed by atoms with van der Waals surface area (Å²) in [7, 11) is 3.89. The van der Waals surface area contributed by atoms with Crippen molar-refractivity contribution in [3.63, 3.8) is 0 Å². The van der Waals surface area contributed by atoms with Crippen molar-refractivity contribution in [1.82, 2.24) is 10.2 Å². The Bertz CT molecular complexity index is 590. The van der Waals surface area contributed by atoms with Crippen molar-refractivity contribution < 1.29 is 9.84 Å². The predicted molar refractivity (Wildman–Crippen MR) is 86.5 cm³/mol. The number of ether oxygens (including phenoxy) is 1. The highest BCUT2D eigenvalue weighted by molar-refractivity contribution is 5.48. The third-order valence-electron chi connectivity index (χ3n) is 6.46. The highest BCUT2D eigenvalue weighted by atomic mass is 16.5. The van der Waals surface area contributed by atoms with Crippen LogP contribution in [0.15, 0.2) is 18.2 Å². The van der Waals surface area contributed by atoms with E-state index in [4.69, 9.17) is 4.74 Å². The van der Waals surface area contributed by atoms with Gasteiger partial charge in [-0.3, -0.25) is 0 Å². The highest BCUT2D eigenvalue weighted by Crippen LogP contribution is 2.55. The third-order valence-corrected chi connectivity index (χ3v) is 6.46. The molecular formula is C18H26N2O2. The molecule has 2 heterocycles.